The van der Waals surface area contributed by atoms with Crippen LogP contribution in [0, 0.1) is 21.7 Å². The summed E-state index contributed by atoms with van der Waals surface area (Å²) in [5.41, 5.74) is -1.03. The Labute approximate surface area is 108 Å². The number of anilines is 1. The molecule has 0 saturated carbocycles. The Morgan fingerprint density at radius 2 is 1.95 bits per heavy atom. The van der Waals surface area contributed by atoms with Crippen LogP contribution in [0.5, 0.6) is 0 Å². The summed E-state index contributed by atoms with van der Waals surface area (Å²) in [6.45, 7) is 2.59. The Hall–Kier alpha value is -1.80. The molecule has 1 atom stereocenters. The number of hydrogen-bond donors (Lipinski definition) is 3. The smallest absolute Gasteiger partial charge is 0.275 e. The van der Waals surface area contributed by atoms with Crippen molar-refractivity contribution in [2.75, 3.05) is 25.0 Å². The second-order valence-corrected chi connectivity index (χ2v) is 4.02. The molecular weight excluding hydrogens is 260 g/mol. The fraction of sp³-hybridized carbons (Fsp3) is 0.455. The molecule has 0 aliphatic rings. The quantitative estimate of drug-likeness (QED) is 0.396. The van der Waals surface area contributed by atoms with Gasteiger partial charge >= 0.3 is 0 Å². The summed E-state index contributed by atoms with van der Waals surface area (Å²) in [5.74, 6) is -2.02. The Balaban J connectivity index is 2.57. The number of aliphatic hydroxyl groups is 1. The predicted octanol–water partition coefficient (Wildman–Crippen LogP) is 1.26. The van der Waals surface area contributed by atoms with Crippen LogP contribution in [-0.4, -0.2) is 35.8 Å². The SMILES string of the molecule is CC(O)CNCCNc1c(F)cc([N+](=O)[O-])cc1F. The van der Waals surface area contributed by atoms with Gasteiger partial charge in [-0.1, -0.05) is 0 Å². The maximum Gasteiger partial charge on any atom is 0.275 e. The van der Waals surface area contributed by atoms with Gasteiger partial charge in [-0.2, -0.15) is 0 Å². The van der Waals surface area contributed by atoms with E-state index in [0.717, 1.165) is 0 Å². The Morgan fingerprint density at radius 1 is 1.37 bits per heavy atom. The molecule has 106 valence electrons. The first-order valence-corrected chi connectivity index (χ1v) is 5.68. The monoisotopic (exact) mass is 275 g/mol. The topological polar surface area (TPSA) is 87.4 Å². The molecule has 1 rings (SSSR count). The van der Waals surface area contributed by atoms with Gasteiger partial charge in [0.1, 0.15) is 5.69 Å². The van der Waals surface area contributed by atoms with Gasteiger partial charge in [0.05, 0.1) is 23.2 Å². The molecule has 0 bridgehead atoms. The fourth-order valence-electron chi connectivity index (χ4n) is 1.42. The molecule has 0 fully saturated rings. The van der Waals surface area contributed by atoms with Crippen LogP contribution in [0.15, 0.2) is 12.1 Å². The third kappa shape index (κ3) is 4.76. The second-order valence-electron chi connectivity index (χ2n) is 4.02. The van der Waals surface area contributed by atoms with Crippen molar-refractivity contribution in [1.82, 2.24) is 5.32 Å². The van der Waals surface area contributed by atoms with Gasteiger partial charge in [-0.15, -0.1) is 0 Å². The molecular formula is C11H15F2N3O3. The molecule has 1 aromatic rings. The van der Waals surface area contributed by atoms with Crippen molar-refractivity contribution in [3.8, 4) is 0 Å². The fourth-order valence-corrected chi connectivity index (χ4v) is 1.42. The number of non-ortho nitro benzene ring substituents is 1. The van der Waals surface area contributed by atoms with Crippen LogP contribution < -0.4 is 10.6 Å². The zero-order chi connectivity index (χ0) is 14.4. The highest BCUT2D eigenvalue weighted by Crippen LogP contribution is 2.24. The number of nitrogens with one attached hydrogen (secondary N) is 2. The van der Waals surface area contributed by atoms with E-state index in [-0.39, 0.29) is 6.54 Å². The number of rotatable bonds is 7. The van der Waals surface area contributed by atoms with Crippen LogP contribution in [0.2, 0.25) is 0 Å². The first-order chi connectivity index (χ1) is 8.91. The molecule has 6 nitrogen and oxygen atoms in total. The molecule has 0 spiro atoms. The van der Waals surface area contributed by atoms with Crippen molar-refractivity contribution in [3.05, 3.63) is 33.9 Å². The molecule has 0 aliphatic carbocycles. The first-order valence-electron chi connectivity index (χ1n) is 5.68. The lowest BCUT2D eigenvalue weighted by Gasteiger charge is -2.10. The van der Waals surface area contributed by atoms with Crippen LogP contribution >= 0.6 is 0 Å². The average Bonchev–Trinajstić information content (AvgIpc) is 2.30. The Bertz CT molecular complexity index is 432. The van der Waals surface area contributed by atoms with E-state index in [2.05, 4.69) is 10.6 Å². The largest absolute Gasteiger partial charge is 0.392 e. The minimum Gasteiger partial charge on any atom is -0.392 e. The molecule has 1 unspecified atom stereocenters. The third-order valence-corrected chi connectivity index (χ3v) is 2.28. The van der Waals surface area contributed by atoms with Gasteiger partial charge < -0.3 is 15.7 Å². The van der Waals surface area contributed by atoms with Crippen molar-refractivity contribution in [1.29, 1.82) is 0 Å². The normalized spacial score (nSPS) is 12.2. The van der Waals surface area contributed by atoms with Crippen molar-refractivity contribution in [2.45, 2.75) is 13.0 Å². The Morgan fingerprint density at radius 3 is 2.42 bits per heavy atom. The summed E-state index contributed by atoms with van der Waals surface area (Å²) in [7, 11) is 0. The van der Waals surface area contributed by atoms with Gasteiger partial charge in [-0.25, -0.2) is 8.78 Å². The molecule has 0 radical (unpaired) electrons. The molecule has 0 aliphatic heterocycles. The highest BCUT2D eigenvalue weighted by atomic mass is 19.1. The summed E-state index contributed by atoms with van der Waals surface area (Å²) in [6.07, 6.45) is -0.507. The van der Waals surface area contributed by atoms with E-state index in [4.69, 9.17) is 5.11 Å². The van der Waals surface area contributed by atoms with E-state index in [1.807, 2.05) is 0 Å². The molecule has 19 heavy (non-hydrogen) atoms. The predicted molar refractivity (Wildman–Crippen MR) is 66.1 cm³/mol. The van der Waals surface area contributed by atoms with Crippen molar-refractivity contribution >= 4 is 11.4 Å². The lowest BCUT2D eigenvalue weighted by molar-refractivity contribution is -0.385. The van der Waals surface area contributed by atoms with Gasteiger partial charge in [-0.05, 0) is 6.92 Å². The van der Waals surface area contributed by atoms with Crippen LogP contribution in [0.25, 0.3) is 0 Å². The molecule has 0 heterocycles. The van der Waals surface area contributed by atoms with E-state index >= 15 is 0 Å². The van der Waals surface area contributed by atoms with Crippen molar-refractivity contribution in [2.24, 2.45) is 0 Å². The molecule has 0 saturated heterocycles. The number of nitro groups is 1. The summed E-state index contributed by atoms with van der Waals surface area (Å²) < 4.78 is 26.9. The summed E-state index contributed by atoms with van der Waals surface area (Å²) >= 11 is 0. The van der Waals surface area contributed by atoms with E-state index < -0.39 is 34.0 Å². The molecule has 0 amide bonds. The van der Waals surface area contributed by atoms with Gasteiger partial charge in [-0.3, -0.25) is 10.1 Å². The van der Waals surface area contributed by atoms with Crippen LogP contribution in [0.3, 0.4) is 0 Å². The standard InChI is InChI=1S/C11H15F2N3O3/c1-7(17)6-14-2-3-15-11-9(12)4-8(16(18)19)5-10(11)13/h4-5,7,14-15,17H,2-3,6H2,1H3. The molecule has 0 aromatic heterocycles. The van der Waals surface area contributed by atoms with E-state index in [1.54, 1.807) is 6.92 Å². The molecule has 8 heteroatoms. The van der Waals surface area contributed by atoms with Gasteiger partial charge in [0.25, 0.3) is 5.69 Å². The van der Waals surface area contributed by atoms with Crippen LogP contribution in [-0.2, 0) is 0 Å². The van der Waals surface area contributed by atoms with Crippen molar-refractivity contribution in [3.63, 3.8) is 0 Å². The highest BCUT2D eigenvalue weighted by molar-refractivity contribution is 5.51. The zero-order valence-electron chi connectivity index (χ0n) is 10.3. The summed E-state index contributed by atoms with van der Waals surface area (Å²) in [6, 6.07) is 1.32. The lowest BCUT2D eigenvalue weighted by atomic mass is 10.2. The van der Waals surface area contributed by atoms with Crippen LogP contribution in [0.4, 0.5) is 20.2 Å². The first kappa shape index (κ1) is 15.3. The van der Waals surface area contributed by atoms with E-state index in [1.165, 1.54) is 0 Å². The highest BCUT2D eigenvalue weighted by Gasteiger charge is 2.16. The number of halogens is 2. The second kappa shape index (κ2) is 6.95. The van der Waals surface area contributed by atoms with Crippen LogP contribution in [0.1, 0.15) is 6.92 Å². The number of aliphatic hydroxyl groups excluding tert-OH is 1. The third-order valence-electron chi connectivity index (χ3n) is 2.28. The number of benzene rings is 1. The zero-order valence-corrected chi connectivity index (χ0v) is 10.3. The van der Waals surface area contributed by atoms with E-state index in [9.17, 15) is 18.9 Å². The maximum atomic E-state index is 13.4. The van der Waals surface area contributed by atoms with Gasteiger partial charge in [0.15, 0.2) is 11.6 Å². The summed E-state index contributed by atoms with van der Waals surface area (Å²) in [5, 5.41) is 24.7. The maximum absolute atomic E-state index is 13.4. The average molecular weight is 275 g/mol. The van der Waals surface area contributed by atoms with Gasteiger partial charge in [0.2, 0.25) is 0 Å². The van der Waals surface area contributed by atoms with E-state index in [0.29, 0.717) is 25.2 Å². The number of nitrogens with zero attached hydrogens (tertiary/aromatic N) is 1. The summed E-state index contributed by atoms with van der Waals surface area (Å²) in [4.78, 5) is 9.54. The molecule has 3 N–H and O–H groups in total. The van der Waals surface area contributed by atoms with Gasteiger partial charge in [0, 0.05) is 19.6 Å². The Kier molecular flexibility index (Phi) is 5.58. The number of hydrogen-bond acceptors (Lipinski definition) is 5. The lowest BCUT2D eigenvalue weighted by Crippen LogP contribution is -2.29. The molecule has 1 aromatic carbocycles. The number of nitro benzene ring substituents is 1. The minimum absolute atomic E-state index is 0.221. The van der Waals surface area contributed by atoms with Crippen molar-refractivity contribution < 1.29 is 18.8 Å². The minimum atomic E-state index is -1.01.